The van der Waals surface area contributed by atoms with Gasteiger partial charge >= 0.3 is 0 Å². The second-order valence-electron chi connectivity index (χ2n) is 6.21. The fourth-order valence-electron chi connectivity index (χ4n) is 3.08. The molecule has 0 atom stereocenters. The van der Waals surface area contributed by atoms with Crippen LogP contribution in [-0.2, 0) is 6.42 Å². The number of rotatable bonds is 4. The number of imidazole rings is 1. The van der Waals surface area contributed by atoms with Crippen molar-refractivity contribution in [2.45, 2.75) is 6.42 Å². The highest BCUT2D eigenvalue weighted by Gasteiger charge is 2.19. The summed E-state index contributed by atoms with van der Waals surface area (Å²) in [4.78, 5) is 22.0. The van der Waals surface area contributed by atoms with Crippen LogP contribution in [0.5, 0.6) is 0 Å². The van der Waals surface area contributed by atoms with Crippen molar-refractivity contribution in [1.82, 2.24) is 24.3 Å². The Bertz CT molecular complexity index is 847. The first kappa shape index (κ1) is 16.3. The third-order valence-electron chi connectivity index (χ3n) is 4.49. The Balaban J connectivity index is 1.29. The fraction of sp³-hybridized carbons (Fsp3) is 0.333. The molecule has 0 bridgehead atoms. The third-order valence-corrected chi connectivity index (χ3v) is 4.49. The molecule has 3 aromatic heterocycles. The van der Waals surface area contributed by atoms with Gasteiger partial charge in [-0.3, -0.25) is 4.99 Å². The average molecular weight is 350 g/mol. The average Bonchev–Trinajstić information content (AvgIpc) is 3.11. The molecule has 2 N–H and O–H groups in total. The third kappa shape index (κ3) is 3.58. The van der Waals surface area contributed by atoms with Gasteiger partial charge in [-0.1, -0.05) is 6.07 Å². The summed E-state index contributed by atoms with van der Waals surface area (Å²) in [7, 11) is 0. The number of nitrogens with zero attached hydrogens (tertiary/aromatic N) is 7. The fourth-order valence-corrected chi connectivity index (χ4v) is 3.08. The van der Waals surface area contributed by atoms with Crippen LogP contribution in [0.25, 0.3) is 5.65 Å². The number of piperazine rings is 1. The Kier molecular flexibility index (Phi) is 4.63. The van der Waals surface area contributed by atoms with Crippen LogP contribution in [0.1, 0.15) is 5.69 Å². The van der Waals surface area contributed by atoms with Gasteiger partial charge in [-0.05, 0) is 18.2 Å². The van der Waals surface area contributed by atoms with Gasteiger partial charge in [0.05, 0.1) is 5.69 Å². The van der Waals surface area contributed by atoms with E-state index < -0.39 is 0 Å². The normalized spacial score (nSPS) is 15.6. The maximum Gasteiger partial charge on any atom is 0.225 e. The Morgan fingerprint density at radius 1 is 1.08 bits per heavy atom. The summed E-state index contributed by atoms with van der Waals surface area (Å²) in [5.74, 6) is 1.37. The number of hydrogen-bond donors (Lipinski definition) is 1. The van der Waals surface area contributed by atoms with Gasteiger partial charge in [0.1, 0.15) is 5.65 Å². The van der Waals surface area contributed by atoms with E-state index >= 15 is 0 Å². The van der Waals surface area contributed by atoms with E-state index in [0.29, 0.717) is 12.5 Å². The van der Waals surface area contributed by atoms with Gasteiger partial charge in [0, 0.05) is 63.9 Å². The first-order valence-corrected chi connectivity index (χ1v) is 8.79. The van der Waals surface area contributed by atoms with Crippen molar-refractivity contribution in [3.8, 4) is 0 Å². The molecule has 8 heteroatoms. The molecular formula is C18H22N8. The van der Waals surface area contributed by atoms with Crippen LogP contribution in [0.2, 0.25) is 0 Å². The van der Waals surface area contributed by atoms with Gasteiger partial charge in [-0.2, -0.15) is 0 Å². The molecule has 3 aromatic rings. The Labute approximate surface area is 152 Å². The van der Waals surface area contributed by atoms with Crippen molar-refractivity contribution in [2.24, 2.45) is 10.7 Å². The van der Waals surface area contributed by atoms with E-state index in [2.05, 4.69) is 29.7 Å². The molecule has 26 heavy (non-hydrogen) atoms. The summed E-state index contributed by atoms with van der Waals surface area (Å²) in [5.41, 5.74) is 8.16. The molecule has 1 saturated heterocycles. The molecule has 1 aliphatic rings. The summed E-state index contributed by atoms with van der Waals surface area (Å²) < 4.78 is 2.02. The molecule has 8 nitrogen and oxygen atoms in total. The van der Waals surface area contributed by atoms with Gasteiger partial charge in [-0.25, -0.2) is 15.0 Å². The smallest absolute Gasteiger partial charge is 0.225 e. The number of fused-ring (bicyclic) bond motifs is 1. The van der Waals surface area contributed by atoms with Crippen molar-refractivity contribution < 1.29 is 0 Å². The summed E-state index contributed by atoms with van der Waals surface area (Å²) >= 11 is 0. The molecule has 0 aromatic carbocycles. The number of aromatic nitrogens is 4. The first-order valence-electron chi connectivity index (χ1n) is 8.79. The SMILES string of the molecule is NC(=NCCc1cn2ccccc2n1)N1CCN(c2ncccn2)CC1. The van der Waals surface area contributed by atoms with Gasteiger partial charge in [0.15, 0.2) is 5.96 Å². The van der Waals surface area contributed by atoms with Crippen molar-refractivity contribution in [1.29, 1.82) is 0 Å². The lowest BCUT2D eigenvalue weighted by Gasteiger charge is -2.35. The minimum absolute atomic E-state index is 0.599. The number of anilines is 1. The van der Waals surface area contributed by atoms with Crippen LogP contribution in [0.3, 0.4) is 0 Å². The number of nitrogens with two attached hydrogens (primary N) is 1. The number of pyridine rings is 1. The standard InChI is InChI=1S/C18H22N8/c19-17(20-8-5-15-14-26-9-2-1-4-16(26)23-15)24-10-12-25(13-11-24)18-21-6-3-7-22-18/h1-4,6-7,9,14H,5,8,10-13H2,(H2,19,20). The van der Waals surface area contributed by atoms with Gasteiger partial charge in [0.25, 0.3) is 0 Å². The molecule has 0 unspecified atom stereocenters. The number of aliphatic imine (C=N–C) groups is 1. The van der Waals surface area contributed by atoms with Crippen LogP contribution in [0, 0.1) is 0 Å². The summed E-state index contributed by atoms with van der Waals surface area (Å²) in [5, 5.41) is 0. The van der Waals surface area contributed by atoms with Crippen molar-refractivity contribution in [2.75, 3.05) is 37.6 Å². The highest BCUT2D eigenvalue weighted by Crippen LogP contribution is 2.09. The predicted molar refractivity (Wildman–Crippen MR) is 101 cm³/mol. The van der Waals surface area contributed by atoms with Crippen molar-refractivity contribution in [3.05, 3.63) is 54.7 Å². The Hall–Kier alpha value is -3.16. The number of guanidine groups is 1. The van der Waals surface area contributed by atoms with Crippen LogP contribution in [-0.4, -0.2) is 62.9 Å². The van der Waals surface area contributed by atoms with E-state index in [1.807, 2.05) is 41.1 Å². The molecular weight excluding hydrogens is 328 g/mol. The quantitative estimate of drug-likeness (QED) is 0.553. The van der Waals surface area contributed by atoms with E-state index in [1.54, 1.807) is 12.4 Å². The molecule has 134 valence electrons. The monoisotopic (exact) mass is 350 g/mol. The van der Waals surface area contributed by atoms with E-state index in [4.69, 9.17) is 5.73 Å². The van der Waals surface area contributed by atoms with Gasteiger partial charge in [-0.15, -0.1) is 0 Å². The second kappa shape index (κ2) is 7.38. The van der Waals surface area contributed by atoms with E-state index in [9.17, 15) is 0 Å². The lowest BCUT2D eigenvalue weighted by Crippen LogP contribution is -2.51. The lowest BCUT2D eigenvalue weighted by molar-refractivity contribution is 0.378. The molecule has 4 rings (SSSR count). The topological polar surface area (TPSA) is 87.9 Å². The molecule has 0 amide bonds. The predicted octanol–water partition coefficient (Wildman–Crippen LogP) is 0.804. The Morgan fingerprint density at radius 3 is 2.65 bits per heavy atom. The lowest BCUT2D eigenvalue weighted by atomic mass is 10.3. The minimum Gasteiger partial charge on any atom is -0.370 e. The highest BCUT2D eigenvalue weighted by atomic mass is 15.3. The molecule has 4 heterocycles. The molecule has 1 aliphatic heterocycles. The molecule has 0 spiro atoms. The van der Waals surface area contributed by atoms with Crippen LogP contribution in [0.15, 0.2) is 54.0 Å². The zero-order chi connectivity index (χ0) is 17.8. The van der Waals surface area contributed by atoms with Crippen molar-refractivity contribution in [3.63, 3.8) is 0 Å². The number of hydrogen-bond acceptors (Lipinski definition) is 5. The summed E-state index contributed by atoms with van der Waals surface area (Å²) in [6.07, 6.45) is 8.35. The van der Waals surface area contributed by atoms with Gasteiger partial charge in [0.2, 0.25) is 5.95 Å². The van der Waals surface area contributed by atoms with Crippen LogP contribution < -0.4 is 10.6 Å². The largest absolute Gasteiger partial charge is 0.370 e. The van der Waals surface area contributed by atoms with Crippen molar-refractivity contribution >= 4 is 17.6 Å². The van der Waals surface area contributed by atoms with Crippen LogP contribution in [0.4, 0.5) is 5.95 Å². The van der Waals surface area contributed by atoms with Gasteiger partial charge < -0.3 is 19.9 Å². The maximum absolute atomic E-state index is 6.17. The Morgan fingerprint density at radius 2 is 1.88 bits per heavy atom. The maximum atomic E-state index is 6.17. The minimum atomic E-state index is 0.599. The first-order chi connectivity index (χ1) is 12.8. The zero-order valence-electron chi connectivity index (χ0n) is 14.6. The highest BCUT2D eigenvalue weighted by molar-refractivity contribution is 5.78. The second-order valence-corrected chi connectivity index (χ2v) is 6.21. The molecule has 1 fully saturated rings. The van der Waals surface area contributed by atoms with E-state index in [0.717, 1.165) is 49.9 Å². The molecule has 0 radical (unpaired) electrons. The summed E-state index contributed by atoms with van der Waals surface area (Å²) in [6, 6.07) is 7.81. The summed E-state index contributed by atoms with van der Waals surface area (Å²) in [6.45, 7) is 3.96. The van der Waals surface area contributed by atoms with E-state index in [-0.39, 0.29) is 0 Å². The van der Waals surface area contributed by atoms with Crippen LogP contribution >= 0.6 is 0 Å². The molecule has 0 aliphatic carbocycles. The zero-order valence-corrected chi connectivity index (χ0v) is 14.6. The van der Waals surface area contributed by atoms with E-state index in [1.165, 1.54) is 0 Å². The molecule has 0 saturated carbocycles.